The molecule has 1 amide bonds. The van der Waals surface area contributed by atoms with Gasteiger partial charge in [0.25, 0.3) is 11.7 Å². The molecular weight excluding hydrogens is 483 g/mol. The van der Waals surface area contributed by atoms with Crippen LogP contribution in [0.1, 0.15) is 33.9 Å². The number of likely N-dealkylation sites (tertiary alicyclic amines) is 1. The van der Waals surface area contributed by atoms with Gasteiger partial charge in [-0.15, -0.1) is 0 Å². The van der Waals surface area contributed by atoms with Gasteiger partial charge in [-0.3, -0.25) is 14.6 Å². The van der Waals surface area contributed by atoms with Crippen LogP contribution in [0.15, 0.2) is 103 Å². The molecule has 5 rings (SSSR count). The predicted octanol–water partition coefficient (Wildman–Crippen LogP) is 5.73. The van der Waals surface area contributed by atoms with E-state index < -0.39 is 23.5 Å². The summed E-state index contributed by atoms with van der Waals surface area (Å²) in [6.07, 6.45) is 3.22. The fourth-order valence-corrected chi connectivity index (χ4v) is 4.52. The number of aliphatic hydroxyl groups excluding tert-OH is 1. The highest BCUT2D eigenvalue weighted by Crippen LogP contribution is 2.40. The monoisotopic (exact) mass is 508 g/mol. The predicted molar refractivity (Wildman–Crippen MR) is 140 cm³/mol. The third kappa shape index (κ3) is 5.04. The van der Waals surface area contributed by atoms with Gasteiger partial charge < -0.3 is 14.7 Å². The molecule has 1 aliphatic rings. The van der Waals surface area contributed by atoms with Gasteiger partial charge in [0.05, 0.1) is 11.6 Å². The van der Waals surface area contributed by atoms with E-state index in [2.05, 4.69) is 4.98 Å². The summed E-state index contributed by atoms with van der Waals surface area (Å²) in [5, 5.41) is 11.3. The van der Waals surface area contributed by atoms with Gasteiger partial charge >= 0.3 is 0 Å². The lowest BCUT2D eigenvalue weighted by Crippen LogP contribution is -2.29. The van der Waals surface area contributed by atoms with Gasteiger partial charge in [-0.25, -0.2) is 4.39 Å². The lowest BCUT2D eigenvalue weighted by Gasteiger charge is -2.25. The minimum absolute atomic E-state index is 0.0564. The van der Waals surface area contributed by atoms with Crippen LogP contribution in [0, 0.1) is 12.7 Å². The zero-order chi connectivity index (χ0) is 26.6. The Labute approximate surface area is 219 Å². The van der Waals surface area contributed by atoms with E-state index >= 15 is 0 Å². The summed E-state index contributed by atoms with van der Waals surface area (Å²) in [5.41, 5.74) is 3.72. The van der Waals surface area contributed by atoms with E-state index in [0.717, 1.165) is 16.7 Å². The molecule has 2 heterocycles. The highest BCUT2D eigenvalue weighted by molar-refractivity contribution is 6.46. The molecule has 1 unspecified atom stereocenters. The van der Waals surface area contributed by atoms with E-state index in [-0.39, 0.29) is 17.9 Å². The van der Waals surface area contributed by atoms with Gasteiger partial charge in [0.2, 0.25) is 0 Å². The van der Waals surface area contributed by atoms with E-state index in [1.165, 1.54) is 29.2 Å². The minimum Gasteiger partial charge on any atom is -0.507 e. The van der Waals surface area contributed by atoms with Crippen molar-refractivity contribution in [3.8, 4) is 5.75 Å². The molecule has 4 aromatic rings. The van der Waals surface area contributed by atoms with Gasteiger partial charge in [-0.05, 0) is 71.6 Å². The Kier molecular flexibility index (Phi) is 7.00. The molecule has 0 radical (unpaired) electrons. The van der Waals surface area contributed by atoms with Crippen molar-refractivity contribution in [2.75, 3.05) is 0 Å². The highest BCUT2D eigenvalue weighted by atomic mass is 19.1. The van der Waals surface area contributed by atoms with Crippen LogP contribution >= 0.6 is 0 Å². The SMILES string of the molecule is Cc1ccccc1COc1ccc(C(O)=C2C(=O)C(=O)N(Cc3cccnc3)C2c2ccc(F)cc2)cc1. The Morgan fingerprint density at radius 1 is 0.974 bits per heavy atom. The number of aromatic nitrogens is 1. The summed E-state index contributed by atoms with van der Waals surface area (Å²) in [5.74, 6) is -1.71. The lowest BCUT2D eigenvalue weighted by atomic mass is 9.95. The number of ketones is 1. The van der Waals surface area contributed by atoms with Crippen LogP contribution in [0.25, 0.3) is 5.76 Å². The number of aliphatic hydroxyl groups is 1. The van der Waals surface area contributed by atoms with E-state index in [1.54, 1.807) is 48.8 Å². The van der Waals surface area contributed by atoms with E-state index in [4.69, 9.17) is 4.74 Å². The molecule has 0 aliphatic carbocycles. The minimum atomic E-state index is -0.896. The molecule has 1 N–H and O–H groups in total. The second kappa shape index (κ2) is 10.7. The molecule has 3 aromatic carbocycles. The Balaban J connectivity index is 1.47. The molecule has 1 fully saturated rings. The van der Waals surface area contributed by atoms with Crippen LogP contribution in [-0.2, 0) is 22.7 Å². The van der Waals surface area contributed by atoms with Gasteiger partial charge in [-0.1, -0.05) is 42.5 Å². The molecule has 0 spiro atoms. The number of amides is 1. The molecule has 1 aromatic heterocycles. The zero-order valence-corrected chi connectivity index (χ0v) is 20.7. The number of carbonyl (C=O) groups is 2. The van der Waals surface area contributed by atoms with Crippen molar-refractivity contribution >= 4 is 17.4 Å². The number of halogens is 1. The average Bonchev–Trinajstić information content (AvgIpc) is 3.18. The quantitative estimate of drug-likeness (QED) is 0.196. The van der Waals surface area contributed by atoms with Crippen LogP contribution in [0.5, 0.6) is 5.75 Å². The topological polar surface area (TPSA) is 79.7 Å². The van der Waals surface area contributed by atoms with Crippen molar-refractivity contribution in [1.29, 1.82) is 0 Å². The summed E-state index contributed by atoms with van der Waals surface area (Å²) in [7, 11) is 0. The molecule has 0 bridgehead atoms. The third-order valence-corrected chi connectivity index (χ3v) is 6.58. The van der Waals surface area contributed by atoms with E-state index in [9.17, 15) is 19.1 Å². The Morgan fingerprint density at radius 3 is 2.39 bits per heavy atom. The summed E-state index contributed by atoms with van der Waals surface area (Å²) in [6.45, 7) is 2.51. The number of rotatable bonds is 7. The standard InChI is InChI=1S/C31H25FN2O4/c1-20-5-2-3-7-24(20)19-38-26-14-10-23(11-15-26)29(35)27-28(22-8-12-25(32)13-9-22)34(31(37)30(27)36)18-21-6-4-16-33-17-21/h2-17,28,35H,18-19H2,1H3. The summed E-state index contributed by atoms with van der Waals surface area (Å²) < 4.78 is 19.6. The van der Waals surface area contributed by atoms with Crippen molar-refractivity contribution in [1.82, 2.24) is 9.88 Å². The second-order valence-electron chi connectivity index (χ2n) is 9.08. The molecule has 1 saturated heterocycles. The molecule has 190 valence electrons. The van der Waals surface area contributed by atoms with Gasteiger partial charge in [-0.2, -0.15) is 0 Å². The van der Waals surface area contributed by atoms with Crippen molar-refractivity contribution in [2.45, 2.75) is 26.1 Å². The van der Waals surface area contributed by atoms with Crippen LogP contribution in [0.2, 0.25) is 0 Å². The van der Waals surface area contributed by atoms with Crippen molar-refractivity contribution in [3.05, 3.63) is 137 Å². The van der Waals surface area contributed by atoms with E-state index in [1.807, 2.05) is 31.2 Å². The number of pyridine rings is 1. The molecule has 1 aliphatic heterocycles. The van der Waals surface area contributed by atoms with Crippen molar-refractivity contribution < 1.29 is 23.8 Å². The van der Waals surface area contributed by atoms with Crippen molar-refractivity contribution in [2.24, 2.45) is 0 Å². The second-order valence-corrected chi connectivity index (χ2v) is 9.08. The maximum Gasteiger partial charge on any atom is 0.295 e. The number of ether oxygens (including phenoxy) is 1. The average molecular weight is 509 g/mol. The van der Waals surface area contributed by atoms with Gasteiger partial charge in [0, 0.05) is 24.5 Å². The van der Waals surface area contributed by atoms with Crippen LogP contribution in [-0.4, -0.2) is 26.7 Å². The number of Topliss-reactive ketones (excluding diaryl/α,β-unsaturated/α-hetero) is 1. The maximum atomic E-state index is 13.7. The normalized spacial score (nSPS) is 16.6. The summed E-state index contributed by atoms with van der Waals surface area (Å²) >= 11 is 0. The van der Waals surface area contributed by atoms with E-state index in [0.29, 0.717) is 23.5 Å². The van der Waals surface area contributed by atoms with Gasteiger partial charge in [0.1, 0.15) is 23.9 Å². The first-order chi connectivity index (χ1) is 18.4. The van der Waals surface area contributed by atoms with Crippen molar-refractivity contribution in [3.63, 3.8) is 0 Å². The first-order valence-corrected chi connectivity index (χ1v) is 12.1. The van der Waals surface area contributed by atoms with Crippen LogP contribution < -0.4 is 4.74 Å². The summed E-state index contributed by atoms with van der Waals surface area (Å²) in [4.78, 5) is 31.8. The first kappa shape index (κ1) is 24.9. The molecular formula is C31H25FN2O4. The number of benzene rings is 3. The largest absolute Gasteiger partial charge is 0.507 e. The smallest absolute Gasteiger partial charge is 0.295 e. The lowest BCUT2D eigenvalue weighted by molar-refractivity contribution is -0.140. The number of aryl methyl sites for hydroxylation is 1. The highest BCUT2D eigenvalue weighted by Gasteiger charge is 2.46. The molecule has 1 atom stereocenters. The number of carbonyl (C=O) groups excluding carboxylic acids is 2. The fourth-order valence-electron chi connectivity index (χ4n) is 4.52. The Bertz CT molecular complexity index is 1500. The molecule has 0 saturated carbocycles. The number of nitrogens with zero attached hydrogens (tertiary/aromatic N) is 2. The van der Waals surface area contributed by atoms with Gasteiger partial charge in [0.15, 0.2) is 0 Å². The molecule has 7 heteroatoms. The maximum absolute atomic E-state index is 13.7. The fraction of sp³-hybridized carbons (Fsp3) is 0.129. The van der Waals surface area contributed by atoms with Crippen LogP contribution in [0.3, 0.4) is 0 Å². The zero-order valence-electron chi connectivity index (χ0n) is 20.7. The number of hydrogen-bond acceptors (Lipinski definition) is 5. The molecule has 6 nitrogen and oxygen atoms in total. The van der Waals surface area contributed by atoms with Crippen LogP contribution in [0.4, 0.5) is 4.39 Å². The Hall–Kier alpha value is -4.78. The molecule has 38 heavy (non-hydrogen) atoms. The first-order valence-electron chi connectivity index (χ1n) is 12.1. The third-order valence-electron chi connectivity index (χ3n) is 6.58. The summed E-state index contributed by atoms with van der Waals surface area (Å²) in [6, 6.07) is 22.8. The number of hydrogen-bond donors (Lipinski definition) is 1. The Morgan fingerprint density at radius 2 is 1.71 bits per heavy atom.